The third kappa shape index (κ3) is 3.18. The fraction of sp³-hybridized carbons (Fsp3) is 0.348. The first-order valence-corrected chi connectivity index (χ1v) is 11.1. The van der Waals surface area contributed by atoms with E-state index in [4.69, 9.17) is 4.74 Å². The van der Waals surface area contributed by atoms with E-state index in [9.17, 15) is 23.5 Å². The number of halogens is 3. The molecule has 10 heteroatoms. The number of nitrogens with one attached hydrogen (secondary N) is 1. The van der Waals surface area contributed by atoms with Crippen molar-refractivity contribution in [2.24, 2.45) is 10.4 Å². The zero-order valence-corrected chi connectivity index (χ0v) is 18.0. The summed E-state index contributed by atoms with van der Waals surface area (Å²) in [6, 6.07) is 11.4. The number of alkyl halides is 1. The molecule has 2 aromatic rings. The Bertz CT molecular complexity index is 1180. The van der Waals surface area contributed by atoms with Gasteiger partial charge in [0.2, 0.25) is 0 Å². The van der Waals surface area contributed by atoms with E-state index < -0.39 is 52.0 Å². The molecule has 0 radical (unpaired) electrons. The Labute approximate surface area is 191 Å². The first kappa shape index (κ1) is 22.0. The number of hydrogen-bond donors (Lipinski definition) is 2. The number of amides is 1. The fourth-order valence-electron chi connectivity index (χ4n) is 5.18. The molecule has 0 aromatic heterocycles. The monoisotopic (exact) mass is 476 g/mol. The van der Waals surface area contributed by atoms with E-state index in [-0.39, 0.29) is 30.2 Å². The molecule has 1 spiro atoms. The lowest BCUT2D eigenvalue weighted by atomic mass is 9.69. The fourth-order valence-corrected chi connectivity index (χ4v) is 6.71. The number of amidine groups is 1. The molecule has 2 aromatic carbocycles. The molecule has 1 saturated carbocycles. The molecule has 1 saturated heterocycles. The number of carbonyl (C=O) groups is 2. The lowest BCUT2D eigenvalue weighted by Crippen LogP contribution is -2.56. The van der Waals surface area contributed by atoms with Crippen molar-refractivity contribution in [2.75, 3.05) is 13.3 Å². The van der Waals surface area contributed by atoms with Gasteiger partial charge < -0.3 is 15.2 Å². The van der Waals surface area contributed by atoms with E-state index in [2.05, 4.69) is 10.3 Å². The van der Waals surface area contributed by atoms with Crippen molar-refractivity contribution in [1.29, 1.82) is 0 Å². The van der Waals surface area contributed by atoms with Gasteiger partial charge in [0.15, 0.2) is 11.3 Å². The molecule has 33 heavy (non-hydrogen) atoms. The van der Waals surface area contributed by atoms with Gasteiger partial charge in [0.1, 0.15) is 23.8 Å². The summed E-state index contributed by atoms with van der Waals surface area (Å²) in [5.74, 6) is -3.36. The minimum atomic E-state index is -1.52. The average Bonchev–Trinajstić information content (AvgIpc) is 3.45. The van der Waals surface area contributed by atoms with E-state index in [0.717, 1.165) is 17.8 Å². The minimum absolute atomic E-state index is 0.0187. The minimum Gasteiger partial charge on any atom is -0.479 e. The number of hydrogen-bond acceptors (Lipinski definition) is 5. The van der Waals surface area contributed by atoms with Gasteiger partial charge >= 0.3 is 5.97 Å². The molecule has 5 rings (SSSR count). The zero-order valence-electron chi connectivity index (χ0n) is 17.2. The molecule has 2 fully saturated rings. The summed E-state index contributed by atoms with van der Waals surface area (Å²) in [5, 5.41) is 12.3. The van der Waals surface area contributed by atoms with Crippen LogP contribution in [0.15, 0.2) is 53.5 Å². The van der Waals surface area contributed by atoms with Crippen molar-refractivity contribution in [1.82, 2.24) is 5.32 Å². The van der Waals surface area contributed by atoms with Crippen molar-refractivity contribution in [3.8, 4) is 0 Å². The van der Waals surface area contributed by atoms with Crippen LogP contribution in [0.5, 0.6) is 0 Å². The molecular formula is C23H19F3N2O4S. The predicted octanol–water partition coefficient (Wildman–Crippen LogP) is 3.66. The molecule has 6 nitrogen and oxygen atoms in total. The Morgan fingerprint density at radius 1 is 1.21 bits per heavy atom. The highest BCUT2D eigenvalue weighted by Crippen LogP contribution is 2.78. The molecule has 2 aliphatic heterocycles. The van der Waals surface area contributed by atoms with Crippen LogP contribution in [0.25, 0.3) is 0 Å². The summed E-state index contributed by atoms with van der Waals surface area (Å²) in [5.41, 5.74) is -2.25. The molecular weight excluding hydrogens is 457 g/mol. The van der Waals surface area contributed by atoms with Crippen LogP contribution in [-0.4, -0.2) is 46.3 Å². The standard InChI is InChI=1S/C23H19F3N2O4S/c24-11-22-10-21(22)9-17(19(30)31)32-12-23(21,15-7-6-14(25)8-16(15)26)28-20(33-22)27-18(29)13-4-2-1-3-5-13/h1-8,17H,9-12H2,(H,30,31)(H,27,28,29)/t17-,21-,22?,23-/m1/s1. The van der Waals surface area contributed by atoms with Crippen LogP contribution in [0.2, 0.25) is 0 Å². The highest BCUT2D eigenvalue weighted by Gasteiger charge is 2.81. The van der Waals surface area contributed by atoms with Crippen molar-refractivity contribution in [3.63, 3.8) is 0 Å². The lowest BCUT2D eigenvalue weighted by Gasteiger charge is -2.48. The Balaban J connectivity index is 1.63. The molecule has 172 valence electrons. The Kier molecular flexibility index (Phi) is 5.06. The Morgan fingerprint density at radius 3 is 2.64 bits per heavy atom. The molecule has 2 heterocycles. The summed E-state index contributed by atoms with van der Waals surface area (Å²) < 4.78 is 47.7. The van der Waals surface area contributed by atoms with E-state index in [0.29, 0.717) is 11.6 Å². The number of aliphatic carboxylic acids is 1. The molecule has 2 N–H and O–H groups in total. The zero-order chi connectivity index (χ0) is 23.4. The number of aliphatic imine (C=N–C) groups is 1. The maximum absolute atomic E-state index is 15.1. The quantitative estimate of drug-likeness (QED) is 0.703. The summed E-state index contributed by atoms with van der Waals surface area (Å²) >= 11 is 1.02. The Morgan fingerprint density at radius 2 is 1.97 bits per heavy atom. The van der Waals surface area contributed by atoms with E-state index in [1.54, 1.807) is 30.3 Å². The molecule has 1 unspecified atom stereocenters. The van der Waals surface area contributed by atoms with Crippen LogP contribution in [0.4, 0.5) is 13.2 Å². The number of benzene rings is 2. The van der Waals surface area contributed by atoms with Gasteiger partial charge in [0.25, 0.3) is 5.91 Å². The third-order valence-corrected chi connectivity index (χ3v) is 8.28. The highest BCUT2D eigenvalue weighted by atomic mass is 32.2. The largest absolute Gasteiger partial charge is 0.479 e. The van der Waals surface area contributed by atoms with Crippen molar-refractivity contribution in [2.45, 2.75) is 29.2 Å². The normalized spacial score (nSPS) is 32.2. The molecule has 1 aliphatic carbocycles. The molecule has 1 amide bonds. The van der Waals surface area contributed by atoms with Gasteiger partial charge in [-0.25, -0.2) is 23.0 Å². The predicted molar refractivity (Wildman–Crippen MR) is 115 cm³/mol. The van der Waals surface area contributed by atoms with Crippen LogP contribution in [0, 0.1) is 17.0 Å². The summed E-state index contributed by atoms with van der Waals surface area (Å²) in [4.78, 5) is 29.1. The third-order valence-electron chi connectivity index (χ3n) is 6.86. The van der Waals surface area contributed by atoms with Gasteiger partial charge in [-0.2, -0.15) is 0 Å². The summed E-state index contributed by atoms with van der Waals surface area (Å²) in [6.07, 6.45) is -1.08. The van der Waals surface area contributed by atoms with Crippen LogP contribution < -0.4 is 5.32 Å². The number of ether oxygens (including phenoxy) is 1. The van der Waals surface area contributed by atoms with Gasteiger partial charge in [-0.05, 0) is 31.0 Å². The van der Waals surface area contributed by atoms with Crippen LogP contribution in [0.1, 0.15) is 28.8 Å². The number of carboxylic acid groups (broad SMARTS) is 1. The number of carboxylic acids is 1. The lowest BCUT2D eigenvalue weighted by molar-refractivity contribution is -0.162. The molecule has 4 atom stereocenters. The van der Waals surface area contributed by atoms with Gasteiger partial charge in [-0.3, -0.25) is 4.79 Å². The average molecular weight is 476 g/mol. The van der Waals surface area contributed by atoms with Crippen molar-refractivity contribution in [3.05, 3.63) is 71.3 Å². The van der Waals surface area contributed by atoms with Gasteiger partial charge in [-0.1, -0.05) is 36.0 Å². The first-order chi connectivity index (χ1) is 15.8. The first-order valence-electron chi connectivity index (χ1n) is 10.3. The second-order valence-electron chi connectivity index (χ2n) is 8.55. The Hall–Kier alpha value is -2.85. The van der Waals surface area contributed by atoms with E-state index in [1.165, 1.54) is 6.07 Å². The second-order valence-corrected chi connectivity index (χ2v) is 9.92. The maximum Gasteiger partial charge on any atom is 0.332 e. The second kappa shape index (κ2) is 7.59. The van der Waals surface area contributed by atoms with E-state index in [1.807, 2.05) is 0 Å². The maximum atomic E-state index is 15.1. The smallest absolute Gasteiger partial charge is 0.332 e. The van der Waals surface area contributed by atoms with Crippen molar-refractivity contribution >= 4 is 28.8 Å². The highest BCUT2D eigenvalue weighted by molar-refractivity contribution is 8.15. The number of carbonyl (C=O) groups excluding carboxylic acids is 1. The summed E-state index contributed by atoms with van der Waals surface area (Å²) in [7, 11) is 0. The van der Waals surface area contributed by atoms with Crippen LogP contribution in [0.3, 0.4) is 0 Å². The summed E-state index contributed by atoms with van der Waals surface area (Å²) in [6.45, 7) is -1.19. The van der Waals surface area contributed by atoms with Gasteiger partial charge in [0.05, 0.1) is 11.4 Å². The van der Waals surface area contributed by atoms with Crippen molar-refractivity contribution < 1.29 is 32.6 Å². The molecule has 3 aliphatic rings. The number of rotatable bonds is 4. The van der Waals surface area contributed by atoms with Gasteiger partial charge in [-0.15, -0.1) is 0 Å². The van der Waals surface area contributed by atoms with Gasteiger partial charge in [0, 0.05) is 22.6 Å². The van der Waals surface area contributed by atoms with Crippen LogP contribution >= 0.6 is 11.8 Å². The molecule has 0 bridgehead atoms. The van der Waals surface area contributed by atoms with Crippen LogP contribution in [-0.2, 0) is 15.1 Å². The van der Waals surface area contributed by atoms with E-state index >= 15 is 4.39 Å². The topological polar surface area (TPSA) is 88.0 Å². The number of thioether (sulfide) groups is 1. The number of nitrogens with zero attached hydrogens (tertiary/aromatic N) is 1. The SMILES string of the molecule is O=C(NC1=N[C@@]2(c3ccc(F)cc3F)CO[C@@H](C(=O)O)C[C@]23CC3(CF)S1)c1ccccc1.